The minimum Gasteiger partial charge on any atom is -0.396 e. The van der Waals surface area contributed by atoms with E-state index in [0.717, 1.165) is 38.5 Å². The van der Waals surface area contributed by atoms with Crippen LogP contribution >= 0.6 is 0 Å². The summed E-state index contributed by atoms with van der Waals surface area (Å²) >= 11 is 0. The SMILES string of the molecule is OCC[C@@H]1CN(Cc2cc3ccccc3[nH]2)CCN1CC1CCCCC1. The highest BCUT2D eigenvalue weighted by Crippen LogP contribution is 2.27. The minimum atomic E-state index is 0.298. The van der Waals surface area contributed by atoms with Gasteiger partial charge in [-0.1, -0.05) is 37.5 Å². The second-order valence-corrected chi connectivity index (χ2v) is 8.28. The number of benzene rings is 1. The van der Waals surface area contributed by atoms with E-state index in [1.54, 1.807) is 0 Å². The molecule has 4 rings (SSSR count). The zero-order chi connectivity index (χ0) is 17.8. The van der Waals surface area contributed by atoms with Crippen LogP contribution < -0.4 is 0 Å². The Morgan fingerprint density at radius 3 is 2.73 bits per heavy atom. The molecule has 0 unspecified atom stereocenters. The van der Waals surface area contributed by atoms with Crippen molar-refractivity contribution in [2.45, 2.75) is 51.1 Å². The van der Waals surface area contributed by atoms with Gasteiger partial charge in [0.2, 0.25) is 0 Å². The van der Waals surface area contributed by atoms with Crippen LogP contribution in [0.4, 0.5) is 0 Å². The van der Waals surface area contributed by atoms with Crippen LogP contribution in [0.5, 0.6) is 0 Å². The van der Waals surface area contributed by atoms with E-state index in [9.17, 15) is 5.11 Å². The molecule has 142 valence electrons. The Hall–Kier alpha value is -1.36. The fraction of sp³-hybridized carbons (Fsp3) is 0.636. The number of hydrogen-bond acceptors (Lipinski definition) is 3. The Balaban J connectivity index is 1.37. The minimum absolute atomic E-state index is 0.298. The van der Waals surface area contributed by atoms with Gasteiger partial charge in [0.25, 0.3) is 0 Å². The molecule has 1 atom stereocenters. The van der Waals surface area contributed by atoms with E-state index in [4.69, 9.17) is 0 Å². The molecule has 1 aromatic heterocycles. The van der Waals surface area contributed by atoms with Crippen molar-refractivity contribution in [3.05, 3.63) is 36.0 Å². The number of aliphatic hydroxyl groups excluding tert-OH is 1. The van der Waals surface area contributed by atoms with Crippen molar-refractivity contribution in [1.82, 2.24) is 14.8 Å². The predicted octanol–water partition coefficient (Wildman–Crippen LogP) is 3.62. The zero-order valence-electron chi connectivity index (χ0n) is 15.9. The summed E-state index contributed by atoms with van der Waals surface area (Å²) in [5, 5.41) is 10.9. The summed E-state index contributed by atoms with van der Waals surface area (Å²) in [6.07, 6.45) is 7.96. The lowest BCUT2D eigenvalue weighted by atomic mass is 9.88. The first kappa shape index (κ1) is 18.0. The standard InChI is InChI=1S/C22H33N3O/c26-13-10-21-17-24(11-12-25(21)15-18-6-2-1-3-7-18)16-20-14-19-8-4-5-9-22(19)23-20/h4-5,8-9,14,18,21,23,26H,1-3,6-7,10-13,15-17H2/t21-/m1/s1. The van der Waals surface area contributed by atoms with Gasteiger partial charge in [-0.25, -0.2) is 0 Å². The van der Waals surface area contributed by atoms with Crippen molar-refractivity contribution in [1.29, 1.82) is 0 Å². The number of aliphatic hydroxyl groups is 1. The normalized spacial score (nSPS) is 23.7. The average Bonchev–Trinajstić information content (AvgIpc) is 3.07. The van der Waals surface area contributed by atoms with Crippen LogP contribution in [0.3, 0.4) is 0 Å². The van der Waals surface area contributed by atoms with E-state index in [-0.39, 0.29) is 0 Å². The maximum Gasteiger partial charge on any atom is 0.0456 e. The Kier molecular flexibility index (Phi) is 5.93. The fourth-order valence-electron chi connectivity index (χ4n) is 4.93. The number of aromatic amines is 1. The van der Waals surface area contributed by atoms with Crippen molar-refractivity contribution in [2.75, 3.05) is 32.8 Å². The van der Waals surface area contributed by atoms with Crippen LogP contribution in [0.1, 0.15) is 44.2 Å². The third-order valence-corrected chi connectivity index (χ3v) is 6.35. The van der Waals surface area contributed by atoms with Gasteiger partial charge in [0.05, 0.1) is 0 Å². The van der Waals surface area contributed by atoms with E-state index in [1.165, 1.54) is 55.2 Å². The van der Waals surface area contributed by atoms with Gasteiger partial charge in [0, 0.05) is 56.6 Å². The molecule has 1 aliphatic heterocycles. The number of para-hydroxylation sites is 1. The summed E-state index contributed by atoms with van der Waals surface area (Å²) < 4.78 is 0. The van der Waals surface area contributed by atoms with Gasteiger partial charge >= 0.3 is 0 Å². The zero-order valence-corrected chi connectivity index (χ0v) is 15.9. The van der Waals surface area contributed by atoms with Crippen LogP contribution in [-0.2, 0) is 6.54 Å². The molecule has 1 aliphatic carbocycles. The number of hydrogen-bond donors (Lipinski definition) is 2. The van der Waals surface area contributed by atoms with Crippen molar-refractivity contribution >= 4 is 10.9 Å². The van der Waals surface area contributed by atoms with E-state index < -0.39 is 0 Å². The highest BCUT2D eigenvalue weighted by molar-refractivity contribution is 5.80. The van der Waals surface area contributed by atoms with Crippen molar-refractivity contribution in [2.24, 2.45) is 5.92 Å². The number of aromatic nitrogens is 1. The molecular formula is C22H33N3O. The number of H-pyrrole nitrogens is 1. The molecule has 4 heteroatoms. The van der Waals surface area contributed by atoms with E-state index >= 15 is 0 Å². The summed E-state index contributed by atoms with van der Waals surface area (Å²) in [4.78, 5) is 8.79. The monoisotopic (exact) mass is 355 g/mol. The molecule has 1 aromatic carbocycles. The molecule has 0 bridgehead atoms. The molecule has 26 heavy (non-hydrogen) atoms. The largest absolute Gasteiger partial charge is 0.396 e. The molecule has 2 heterocycles. The first-order valence-electron chi connectivity index (χ1n) is 10.5. The number of fused-ring (bicyclic) bond motifs is 1. The number of piperazine rings is 1. The quantitative estimate of drug-likeness (QED) is 0.832. The first-order chi connectivity index (χ1) is 12.8. The van der Waals surface area contributed by atoms with Crippen LogP contribution in [-0.4, -0.2) is 58.7 Å². The van der Waals surface area contributed by atoms with Gasteiger partial charge < -0.3 is 10.1 Å². The summed E-state index contributed by atoms with van der Waals surface area (Å²) in [5.41, 5.74) is 2.53. The lowest BCUT2D eigenvalue weighted by Crippen LogP contribution is -2.54. The summed E-state index contributed by atoms with van der Waals surface area (Å²) in [6.45, 7) is 5.86. The molecule has 0 radical (unpaired) electrons. The topological polar surface area (TPSA) is 42.5 Å². The smallest absolute Gasteiger partial charge is 0.0456 e. The van der Waals surface area contributed by atoms with Crippen molar-refractivity contribution in [3.63, 3.8) is 0 Å². The third kappa shape index (κ3) is 4.30. The Labute approximate surface area is 157 Å². The van der Waals surface area contributed by atoms with E-state index in [2.05, 4.69) is 45.1 Å². The average molecular weight is 356 g/mol. The molecule has 0 amide bonds. The van der Waals surface area contributed by atoms with E-state index in [0.29, 0.717) is 12.6 Å². The van der Waals surface area contributed by atoms with Crippen LogP contribution in [0, 0.1) is 5.92 Å². The van der Waals surface area contributed by atoms with Crippen molar-refractivity contribution < 1.29 is 5.11 Å². The molecule has 0 spiro atoms. The van der Waals surface area contributed by atoms with Crippen molar-refractivity contribution in [3.8, 4) is 0 Å². The number of nitrogens with one attached hydrogen (secondary N) is 1. The van der Waals surface area contributed by atoms with E-state index in [1.807, 2.05) is 0 Å². The second kappa shape index (κ2) is 8.55. The number of rotatable bonds is 6. The van der Waals surface area contributed by atoms with Gasteiger partial charge in [0.1, 0.15) is 0 Å². The van der Waals surface area contributed by atoms with Crippen LogP contribution in [0.25, 0.3) is 10.9 Å². The van der Waals surface area contributed by atoms with Gasteiger partial charge in [-0.05, 0) is 42.7 Å². The molecule has 2 fully saturated rings. The Morgan fingerprint density at radius 1 is 1.08 bits per heavy atom. The third-order valence-electron chi connectivity index (χ3n) is 6.35. The molecule has 4 nitrogen and oxygen atoms in total. The van der Waals surface area contributed by atoms with Gasteiger partial charge in [-0.15, -0.1) is 0 Å². The van der Waals surface area contributed by atoms with Gasteiger partial charge in [-0.3, -0.25) is 9.80 Å². The highest BCUT2D eigenvalue weighted by atomic mass is 16.3. The number of nitrogens with zero attached hydrogens (tertiary/aromatic N) is 2. The lowest BCUT2D eigenvalue weighted by Gasteiger charge is -2.43. The predicted molar refractivity (Wildman–Crippen MR) is 107 cm³/mol. The van der Waals surface area contributed by atoms with Gasteiger partial charge in [0.15, 0.2) is 0 Å². The summed E-state index contributed by atoms with van der Waals surface area (Å²) in [6, 6.07) is 11.3. The lowest BCUT2D eigenvalue weighted by molar-refractivity contribution is 0.0396. The molecule has 2 N–H and O–H groups in total. The molecule has 1 saturated carbocycles. The molecule has 2 aliphatic rings. The molecular weight excluding hydrogens is 322 g/mol. The maximum atomic E-state index is 9.56. The molecule has 1 saturated heterocycles. The van der Waals surface area contributed by atoms with Gasteiger partial charge in [-0.2, -0.15) is 0 Å². The Bertz CT molecular complexity index is 659. The fourth-order valence-corrected chi connectivity index (χ4v) is 4.93. The Morgan fingerprint density at radius 2 is 1.92 bits per heavy atom. The second-order valence-electron chi connectivity index (χ2n) is 8.28. The van der Waals surface area contributed by atoms with Crippen LogP contribution in [0.15, 0.2) is 30.3 Å². The maximum absolute atomic E-state index is 9.56. The van der Waals surface area contributed by atoms with Crippen LogP contribution in [0.2, 0.25) is 0 Å². The molecule has 2 aromatic rings. The summed E-state index contributed by atoms with van der Waals surface area (Å²) in [7, 11) is 0. The summed E-state index contributed by atoms with van der Waals surface area (Å²) in [5.74, 6) is 0.880. The first-order valence-corrected chi connectivity index (χ1v) is 10.5. The highest BCUT2D eigenvalue weighted by Gasteiger charge is 2.29.